The lowest BCUT2D eigenvalue weighted by atomic mass is 10.1. The van der Waals surface area contributed by atoms with E-state index >= 15 is 0 Å². The Morgan fingerprint density at radius 3 is 2.19 bits per heavy atom. The minimum atomic E-state index is 0.0210. The van der Waals surface area contributed by atoms with Crippen LogP contribution in [0, 0.1) is 0 Å². The summed E-state index contributed by atoms with van der Waals surface area (Å²) in [5.74, 6) is 0.0210. The molecule has 0 spiro atoms. The monoisotopic (exact) mass is 297 g/mol. The Morgan fingerprint density at radius 2 is 1.62 bits per heavy atom. The fraction of sp³-hybridized carbons (Fsp3) is 0.167. The molecular formula is C18H19NOS. The van der Waals surface area contributed by atoms with Crippen LogP contribution in [0.3, 0.4) is 0 Å². The smallest absolute Gasteiger partial charge is 0.188 e. The fourth-order valence-electron chi connectivity index (χ4n) is 2.00. The molecule has 0 aliphatic heterocycles. The molecule has 0 radical (unpaired) electrons. The molecule has 0 saturated heterocycles. The summed E-state index contributed by atoms with van der Waals surface area (Å²) in [4.78, 5) is 12.2. The maximum atomic E-state index is 12.2. The van der Waals surface area contributed by atoms with Crippen LogP contribution >= 0.6 is 11.8 Å². The van der Waals surface area contributed by atoms with Crippen LogP contribution in [0.15, 0.2) is 71.8 Å². The number of thioether (sulfide) groups is 1. The van der Waals surface area contributed by atoms with Crippen molar-refractivity contribution in [3.63, 3.8) is 0 Å². The van der Waals surface area contributed by atoms with Crippen molar-refractivity contribution in [2.75, 3.05) is 6.26 Å². The molecule has 0 amide bonds. The molecule has 0 saturated carbocycles. The third-order valence-corrected chi connectivity index (χ3v) is 3.87. The average Bonchev–Trinajstić information content (AvgIpc) is 2.55. The number of rotatable bonds is 6. The zero-order valence-corrected chi connectivity index (χ0v) is 13.1. The highest BCUT2D eigenvalue weighted by Gasteiger charge is 2.08. The van der Waals surface area contributed by atoms with Crippen LogP contribution in [0.4, 0.5) is 0 Å². The SMILES string of the molecule is CS/C(=C\C(=O)c1ccccc1)N[C@@H](C)c1ccccc1. The van der Waals surface area contributed by atoms with Crippen LogP contribution in [0.25, 0.3) is 0 Å². The molecule has 0 aliphatic rings. The highest BCUT2D eigenvalue weighted by Crippen LogP contribution is 2.18. The van der Waals surface area contributed by atoms with E-state index in [1.54, 1.807) is 17.8 Å². The number of hydrogen-bond donors (Lipinski definition) is 1. The van der Waals surface area contributed by atoms with Crippen molar-refractivity contribution >= 4 is 17.5 Å². The molecule has 2 nitrogen and oxygen atoms in total. The molecule has 0 heterocycles. The lowest BCUT2D eigenvalue weighted by molar-refractivity contribution is 0.104. The van der Waals surface area contributed by atoms with Crippen LogP contribution in [0.5, 0.6) is 0 Å². The van der Waals surface area contributed by atoms with E-state index in [1.807, 2.05) is 54.8 Å². The first-order chi connectivity index (χ1) is 10.2. The highest BCUT2D eigenvalue weighted by atomic mass is 32.2. The molecule has 21 heavy (non-hydrogen) atoms. The number of ketones is 1. The molecule has 2 rings (SSSR count). The number of hydrogen-bond acceptors (Lipinski definition) is 3. The predicted octanol–water partition coefficient (Wildman–Crippen LogP) is 4.42. The minimum absolute atomic E-state index is 0.0210. The van der Waals surface area contributed by atoms with Gasteiger partial charge in [-0.25, -0.2) is 0 Å². The van der Waals surface area contributed by atoms with Crippen LogP contribution in [-0.4, -0.2) is 12.0 Å². The van der Waals surface area contributed by atoms with Gasteiger partial charge in [0.2, 0.25) is 0 Å². The van der Waals surface area contributed by atoms with E-state index in [9.17, 15) is 4.79 Å². The molecule has 0 bridgehead atoms. The number of carbonyl (C=O) groups is 1. The van der Waals surface area contributed by atoms with E-state index in [0.29, 0.717) is 5.56 Å². The van der Waals surface area contributed by atoms with Gasteiger partial charge in [0.05, 0.1) is 5.03 Å². The minimum Gasteiger partial charge on any atom is -0.373 e. The molecule has 3 heteroatoms. The molecule has 0 aromatic heterocycles. The zero-order valence-electron chi connectivity index (χ0n) is 12.2. The number of allylic oxidation sites excluding steroid dienone is 1. The molecule has 0 unspecified atom stereocenters. The maximum Gasteiger partial charge on any atom is 0.188 e. The third kappa shape index (κ3) is 4.50. The van der Waals surface area contributed by atoms with Crippen molar-refractivity contribution in [1.82, 2.24) is 5.32 Å². The van der Waals surface area contributed by atoms with Gasteiger partial charge in [-0.1, -0.05) is 60.7 Å². The number of nitrogens with one attached hydrogen (secondary N) is 1. The second-order valence-electron chi connectivity index (χ2n) is 4.72. The van der Waals surface area contributed by atoms with Gasteiger partial charge < -0.3 is 5.32 Å². The van der Waals surface area contributed by atoms with Crippen molar-refractivity contribution in [2.24, 2.45) is 0 Å². The predicted molar refractivity (Wildman–Crippen MR) is 90.4 cm³/mol. The summed E-state index contributed by atoms with van der Waals surface area (Å²) in [5, 5.41) is 4.26. The summed E-state index contributed by atoms with van der Waals surface area (Å²) in [6, 6.07) is 19.7. The van der Waals surface area contributed by atoms with Gasteiger partial charge in [-0.05, 0) is 18.7 Å². The van der Waals surface area contributed by atoms with Gasteiger partial charge in [0, 0.05) is 17.7 Å². The molecule has 0 aliphatic carbocycles. The number of carbonyl (C=O) groups excluding carboxylic acids is 1. The summed E-state index contributed by atoms with van der Waals surface area (Å²) in [5.41, 5.74) is 1.91. The lowest BCUT2D eigenvalue weighted by Crippen LogP contribution is -2.17. The zero-order chi connectivity index (χ0) is 15.1. The third-order valence-electron chi connectivity index (χ3n) is 3.20. The van der Waals surface area contributed by atoms with Crippen LogP contribution in [0.1, 0.15) is 28.9 Å². The molecule has 1 atom stereocenters. The van der Waals surface area contributed by atoms with E-state index in [-0.39, 0.29) is 11.8 Å². The van der Waals surface area contributed by atoms with Crippen molar-refractivity contribution in [1.29, 1.82) is 0 Å². The van der Waals surface area contributed by atoms with E-state index in [4.69, 9.17) is 0 Å². The Labute approximate surface area is 130 Å². The van der Waals surface area contributed by atoms with Gasteiger partial charge >= 0.3 is 0 Å². The van der Waals surface area contributed by atoms with Gasteiger partial charge in [0.1, 0.15) is 0 Å². The lowest BCUT2D eigenvalue weighted by Gasteiger charge is -2.17. The Hall–Kier alpha value is -2.00. The van der Waals surface area contributed by atoms with Crippen LogP contribution < -0.4 is 5.32 Å². The largest absolute Gasteiger partial charge is 0.373 e. The van der Waals surface area contributed by atoms with Crippen LogP contribution in [-0.2, 0) is 0 Å². The maximum absolute atomic E-state index is 12.2. The first kappa shape index (κ1) is 15.4. The Bertz CT molecular complexity index is 608. The molecule has 1 N–H and O–H groups in total. The normalized spacial score (nSPS) is 12.8. The Kier molecular flexibility index (Phi) is 5.64. The van der Waals surface area contributed by atoms with Gasteiger partial charge in [0.15, 0.2) is 5.78 Å². The molecule has 2 aromatic rings. The molecular weight excluding hydrogens is 278 g/mol. The fourth-order valence-corrected chi connectivity index (χ4v) is 2.52. The Morgan fingerprint density at radius 1 is 1.05 bits per heavy atom. The van der Waals surface area contributed by atoms with Gasteiger partial charge in [0.25, 0.3) is 0 Å². The molecule has 108 valence electrons. The molecule has 2 aromatic carbocycles. The van der Waals surface area contributed by atoms with Crippen molar-refractivity contribution in [2.45, 2.75) is 13.0 Å². The summed E-state index contributed by atoms with van der Waals surface area (Å²) in [6.45, 7) is 2.09. The summed E-state index contributed by atoms with van der Waals surface area (Å²) >= 11 is 1.55. The van der Waals surface area contributed by atoms with Crippen molar-refractivity contribution < 1.29 is 4.79 Å². The summed E-state index contributed by atoms with van der Waals surface area (Å²) in [7, 11) is 0. The van der Waals surface area contributed by atoms with Gasteiger partial charge in [-0.3, -0.25) is 4.79 Å². The van der Waals surface area contributed by atoms with Crippen LogP contribution in [0.2, 0.25) is 0 Å². The quantitative estimate of drug-likeness (QED) is 0.632. The summed E-state index contributed by atoms with van der Waals surface area (Å²) < 4.78 is 0. The van der Waals surface area contributed by atoms with E-state index in [0.717, 1.165) is 5.03 Å². The van der Waals surface area contributed by atoms with E-state index in [1.165, 1.54) is 5.56 Å². The van der Waals surface area contributed by atoms with Gasteiger partial charge in [-0.15, -0.1) is 11.8 Å². The molecule has 0 fully saturated rings. The van der Waals surface area contributed by atoms with E-state index in [2.05, 4.69) is 24.4 Å². The average molecular weight is 297 g/mol. The van der Waals surface area contributed by atoms with Crippen molar-refractivity contribution in [3.8, 4) is 0 Å². The number of benzene rings is 2. The first-order valence-electron chi connectivity index (χ1n) is 6.87. The first-order valence-corrected chi connectivity index (χ1v) is 8.09. The second-order valence-corrected chi connectivity index (χ2v) is 5.57. The van der Waals surface area contributed by atoms with Crippen molar-refractivity contribution in [3.05, 3.63) is 82.9 Å². The van der Waals surface area contributed by atoms with Gasteiger partial charge in [-0.2, -0.15) is 0 Å². The topological polar surface area (TPSA) is 29.1 Å². The summed E-state index contributed by atoms with van der Waals surface area (Å²) in [6.07, 6.45) is 3.63. The standard InChI is InChI=1S/C18H19NOS/c1-14(15-9-5-3-6-10-15)19-18(21-2)13-17(20)16-11-7-4-8-12-16/h3-14,19H,1-2H3/b18-13-/t14-/m0/s1. The second kappa shape index (κ2) is 7.70. The Balaban J connectivity index is 2.09. The van der Waals surface area contributed by atoms with E-state index < -0.39 is 0 Å². The highest BCUT2D eigenvalue weighted by molar-refractivity contribution is 8.02.